The SMILES string of the molecule is CCCC(=O)OCC(=O)c1ccc(Sc2ccc(CCC(CC)(NC(C)=O)C(=O)OCC)cc2)cc1.O=C=O. The van der Waals surface area contributed by atoms with Crippen LogP contribution in [0.25, 0.3) is 0 Å². The van der Waals surface area contributed by atoms with Crippen LogP contribution in [0.2, 0.25) is 0 Å². The molecule has 2 aromatic carbocycles. The van der Waals surface area contributed by atoms with E-state index in [9.17, 15) is 19.2 Å². The van der Waals surface area contributed by atoms with Crippen LogP contribution < -0.4 is 5.32 Å². The van der Waals surface area contributed by atoms with Gasteiger partial charge in [-0.25, -0.2) is 4.79 Å². The Kier molecular flexibility index (Phi) is 15.1. The first kappa shape index (κ1) is 33.3. The van der Waals surface area contributed by atoms with Crippen molar-refractivity contribution in [2.24, 2.45) is 0 Å². The van der Waals surface area contributed by atoms with Crippen LogP contribution in [0.1, 0.15) is 69.3 Å². The van der Waals surface area contributed by atoms with E-state index in [1.54, 1.807) is 30.8 Å². The third-order valence-corrected chi connectivity index (χ3v) is 6.69. The van der Waals surface area contributed by atoms with Gasteiger partial charge in [0.2, 0.25) is 5.91 Å². The molecule has 1 unspecified atom stereocenters. The Hall–Kier alpha value is -3.75. The lowest BCUT2D eigenvalue weighted by Gasteiger charge is -2.31. The quantitative estimate of drug-likeness (QED) is 0.262. The van der Waals surface area contributed by atoms with Crippen LogP contribution in [0.5, 0.6) is 0 Å². The molecule has 39 heavy (non-hydrogen) atoms. The monoisotopic (exact) mass is 557 g/mol. The van der Waals surface area contributed by atoms with Crippen LogP contribution >= 0.6 is 11.8 Å². The topological polar surface area (TPSA) is 133 Å². The highest BCUT2D eigenvalue weighted by Crippen LogP contribution is 2.29. The predicted molar refractivity (Wildman–Crippen MR) is 144 cm³/mol. The zero-order valence-corrected chi connectivity index (χ0v) is 23.6. The number of esters is 2. The van der Waals surface area contributed by atoms with Crippen molar-refractivity contribution in [1.29, 1.82) is 0 Å². The summed E-state index contributed by atoms with van der Waals surface area (Å²) in [7, 11) is 0. The van der Waals surface area contributed by atoms with E-state index in [0.29, 0.717) is 37.7 Å². The maximum Gasteiger partial charge on any atom is 0.373 e. The van der Waals surface area contributed by atoms with E-state index in [1.807, 2.05) is 50.2 Å². The number of ketones is 1. The molecule has 0 aromatic heterocycles. The Morgan fingerprint density at radius 2 is 1.46 bits per heavy atom. The van der Waals surface area contributed by atoms with E-state index in [4.69, 9.17) is 19.1 Å². The molecule has 0 aliphatic carbocycles. The number of aryl methyl sites for hydroxylation is 1. The van der Waals surface area contributed by atoms with Gasteiger partial charge in [0.15, 0.2) is 12.4 Å². The average Bonchev–Trinajstić information content (AvgIpc) is 2.91. The van der Waals surface area contributed by atoms with Gasteiger partial charge < -0.3 is 14.8 Å². The van der Waals surface area contributed by atoms with Gasteiger partial charge in [0.05, 0.1) is 6.61 Å². The number of carbonyl (C=O) groups is 4. The van der Waals surface area contributed by atoms with Gasteiger partial charge in [-0.15, -0.1) is 0 Å². The highest BCUT2D eigenvalue weighted by atomic mass is 32.2. The van der Waals surface area contributed by atoms with E-state index in [-0.39, 0.29) is 37.0 Å². The molecule has 0 aliphatic heterocycles. The Bertz CT molecular complexity index is 1120. The summed E-state index contributed by atoms with van der Waals surface area (Å²) in [5, 5.41) is 2.81. The minimum absolute atomic E-state index is 0.231. The molecule has 0 bridgehead atoms. The van der Waals surface area contributed by atoms with Crippen LogP contribution in [0.3, 0.4) is 0 Å². The van der Waals surface area contributed by atoms with Gasteiger partial charge in [-0.2, -0.15) is 9.59 Å². The Labute approximate surface area is 233 Å². The van der Waals surface area contributed by atoms with Gasteiger partial charge in [0.25, 0.3) is 0 Å². The molecule has 1 N–H and O–H groups in total. The zero-order chi connectivity index (χ0) is 29.3. The fraction of sp³-hybridized carbons (Fsp3) is 0.414. The van der Waals surface area contributed by atoms with Crippen molar-refractivity contribution >= 4 is 41.5 Å². The Morgan fingerprint density at radius 3 is 1.95 bits per heavy atom. The molecule has 0 saturated carbocycles. The first-order valence-electron chi connectivity index (χ1n) is 12.7. The van der Waals surface area contributed by atoms with E-state index < -0.39 is 11.5 Å². The van der Waals surface area contributed by atoms with Crippen molar-refractivity contribution in [3.05, 3.63) is 59.7 Å². The lowest BCUT2D eigenvalue weighted by molar-refractivity contribution is -0.191. The van der Waals surface area contributed by atoms with E-state index in [0.717, 1.165) is 15.4 Å². The number of amides is 1. The van der Waals surface area contributed by atoms with Crippen molar-refractivity contribution in [2.75, 3.05) is 13.2 Å². The molecule has 2 aromatic rings. The van der Waals surface area contributed by atoms with E-state index >= 15 is 0 Å². The minimum atomic E-state index is -1.04. The molecule has 0 saturated heterocycles. The predicted octanol–water partition coefficient (Wildman–Crippen LogP) is 4.56. The number of hydrogen-bond donors (Lipinski definition) is 1. The number of Topliss-reactive ketones (excluding diaryl/α,β-unsaturated/α-hetero) is 1. The summed E-state index contributed by atoms with van der Waals surface area (Å²) >= 11 is 1.56. The fourth-order valence-electron chi connectivity index (χ4n) is 3.66. The van der Waals surface area contributed by atoms with Crippen molar-refractivity contribution in [2.45, 2.75) is 75.1 Å². The van der Waals surface area contributed by atoms with Gasteiger partial charge in [-0.05, 0) is 62.4 Å². The van der Waals surface area contributed by atoms with Gasteiger partial charge in [0, 0.05) is 28.7 Å². The van der Waals surface area contributed by atoms with Gasteiger partial charge >= 0.3 is 18.1 Å². The maximum atomic E-state index is 12.6. The zero-order valence-electron chi connectivity index (χ0n) is 22.7. The van der Waals surface area contributed by atoms with Crippen LogP contribution in [0.4, 0.5) is 0 Å². The van der Waals surface area contributed by atoms with Gasteiger partial charge in [-0.1, -0.05) is 49.9 Å². The molecule has 0 aliphatic rings. The highest BCUT2D eigenvalue weighted by molar-refractivity contribution is 7.99. The smallest absolute Gasteiger partial charge is 0.373 e. The van der Waals surface area contributed by atoms with Crippen molar-refractivity contribution < 1.29 is 38.2 Å². The lowest BCUT2D eigenvalue weighted by atomic mass is 9.88. The molecule has 210 valence electrons. The number of hydrogen-bond acceptors (Lipinski definition) is 9. The molecule has 0 heterocycles. The fourth-order valence-corrected chi connectivity index (χ4v) is 4.48. The normalized spacial score (nSPS) is 11.6. The second-order valence-corrected chi connectivity index (χ2v) is 9.67. The molecule has 0 fully saturated rings. The number of nitrogens with one attached hydrogen (secondary N) is 1. The molecule has 0 spiro atoms. The molecule has 2 rings (SSSR count). The minimum Gasteiger partial charge on any atom is -0.464 e. The van der Waals surface area contributed by atoms with E-state index in [1.165, 1.54) is 6.92 Å². The average molecular weight is 558 g/mol. The first-order chi connectivity index (χ1) is 18.6. The molecular weight excluding hydrogens is 522 g/mol. The molecule has 9 nitrogen and oxygen atoms in total. The summed E-state index contributed by atoms with van der Waals surface area (Å²) in [5.74, 6) is -1.26. The number of ether oxygens (including phenoxy) is 2. The lowest BCUT2D eigenvalue weighted by Crippen LogP contribution is -2.54. The third kappa shape index (κ3) is 11.7. The van der Waals surface area contributed by atoms with Crippen molar-refractivity contribution in [1.82, 2.24) is 5.32 Å². The largest absolute Gasteiger partial charge is 0.464 e. The van der Waals surface area contributed by atoms with E-state index in [2.05, 4.69) is 5.32 Å². The summed E-state index contributed by atoms with van der Waals surface area (Å²) in [4.78, 5) is 66.2. The molecule has 1 atom stereocenters. The second-order valence-electron chi connectivity index (χ2n) is 8.52. The van der Waals surface area contributed by atoms with Crippen LogP contribution in [-0.4, -0.2) is 48.5 Å². The van der Waals surface area contributed by atoms with Gasteiger partial charge in [-0.3, -0.25) is 14.4 Å². The summed E-state index contributed by atoms with van der Waals surface area (Å²) < 4.78 is 10.2. The summed E-state index contributed by atoms with van der Waals surface area (Å²) in [6.07, 6.45) is 2.74. The van der Waals surface area contributed by atoms with Gasteiger partial charge in [0.1, 0.15) is 5.54 Å². The highest BCUT2D eigenvalue weighted by Gasteiger charge is 2.38. The molecule has 0 radical (unpaired) electrons. The summed E-state index contributed by atoms with van der Waals surface area (Å²) in [5.41, 5.74) is 0.507. The molecule has 10 heteroatoms. The summed E-state index contributed by atoms with van der Waals surface area (Å²) in [6, 6.07) is 15.2. The number of benzene rings is 2. The van der Waals surface area contributed by atoms with Crippen LogP contribution in [0, 0.1) is 0 Å². The van der Waals surface area contributed by atoms with Crippen molar-refractivity contribution in [3.8, 4) is 0 Å². The number of rotatable bonds is 14. The third-order valence-electron chi connectivity index (χ3n) is 5.68. The second kappa shape index (κ2) is 17.7. The molecular formula is C29H35NO8S. The summed E-state index contributed by atoms with van der Waals surface area (Å²) in [6.45, 7) is 6.91. The van der Waals surface area contributed by atoms with Crippen LogP contribution in [-0.2, 0) is 39.9 Å². The maximum absolute atomic E-state index is 12.6. The van der Waals surface area contributed by atoms with Crippen molar-refractivity contribution in [3.63, 3.8) is 0 Å². The first-order valence-corrected chi connectivity index (χ1v) is 13.5. The Morgan fingerprint density at radius 1 is 0.897 bits per heavy atom. The number of carbonyl (C=O) groups excluding carboxylic acids is 6. The standard InChI is InChI=1S/C28H35NO6S.CO2/c1-5-8-26(32)35-19-25(31)22-11-15-24(16-12-22)36-23-13-9-21(10-14-23)17-18-28(6-2,29-20(4)30)27(33)34-7-3;2-1-3/h9-16H,5-8,17-19H2,1-4H3,(H,29,30);. The Balaban J connectivity index is 0.00000242. The van der Waals surface area contributed by atoms with Crippen LogP contribution in [0.15, 0.2) is 58.3 Å². The molecule has 1 amide bonds.